The normalized spacial score (nSPS) is 14.9. The number of nitrogens with zero attached hydrogens (tertiary/aromatic N) is 4. The van der Waals surface area contributed by atoms with Gasteiger partial charge < -0.3 is 9.26 Å². The average molecular weight is 421 g/mol. The Morgan fingerprint density at radius 1 is 1.29 bits per heavy atom. The fourth-order valence-electron chi connectivity index (χ4n) is 3.38. The number of thiophene rings is 1. The third-order valence-corrected chi connectivity index (χ3v) is 7.18. The first kappa shape index (κ1) is 19.6. The largest absolute Gasteiger partial charge is 0.383 e. The molecule has 0 fully saturated rings. The highest BCUT2D eigenvalue weighted by atomic mass is 32.2. The molecule has 0 radical (unpaired) electrons. The molecule has 0 aliphatic heterocycles. The molecular formula is C19H24N4O3S2. The van der Waals surface area contributed by atoms with Crippen molar-refractivity contribution < 1.29 is 9.26 Å². The number of thioether (sulfide) groups is 1. The Kier molecular flexibility index (Phi) is 5.57. The van der Waals surface area contributed by atoms with Crippen molar-refractivity contribution in [3.63, 3.8) is 0 Å². The van der Waals surface area contributed by atoms with Crippen LogP contribution >= 0.6 is 23.1 Å². The smallest absolute Gasteiger partial charge is 0.263 e. The van der Waals surface area contributed by atoms with Crippen LogP contribution in [0.2, 0.25) is 0 Å². The molecule has 28 heavy (non-hydrogen) atoms. The van der Waals surface area contributed by atoms with E-state index in [4.69, 9.17) is 14.2 Å². The summed E-state index contributed by atoms with van der Waals surface area (Å²) >= 11 is 3.13. The molecule has 3 aromatic heterocycles. The van der Waals surface area contributed by atoms with Gasteiger partial charge in [-0.1, -0.05) is 30.8 Å². The lowest BCUT2D eigenvalue weighted by atomic mass is 10.2. The zero-order valence-corrected chi connectivity index (χ0v) is 18.2. The van der Waals surface area contributed by atoms with E-state index in [2.05, 4.69) is 10.1 Å². The molecule has 0 amide bonds. The lowest BCUT2D eigenvalue weighted by molar-refractivity contribution is 0.183. The van der Waals surface area contributed by atoms with Crippen LogP contribution in [0.25, 0.3) is 10.2 Å². The van der Waals surface area contributed by atoms with E-state index in [1.165, 1.54) is 22.2 Å². The van der Waals surface area contributed by atoms with E-state index in [0.717, 1.165) is 29.5 Å². The van der Waals surface area contributed by atoms with E-state index in [9.17, 15) is 4.79 Å². The van der Waals surface area contributed by atoms with E-state index in [-0.39, 0.29) is 16.7 Å². The zero-order chi connectivity index (χ0) is 19.8. The molecule has 3 aromatic rings. The van der Waals surface area contributed by atoms with Crippen molar-refractivity contribution >= 4 is 33.3 Å². The maximum Gasteiger partial charge on any atom is 0.263 e. The quantitative estimate of drug-likeness (QED) is 0.423. The molecule has 0 saturated heterocycles. The Balaban J connectivity index is 1.73. The lowest BCUT2D eigenvalue weighted by Gasteiger charge is -2.13. The topological polar surface area (TPSA) is 83.0 Å². The highest BCUT2D eigenvalue weighted by Crippen LogP contribution is 2.38. The van der Waals surface area contributed by atoms with Crippen LogP contribution in [0.4, 0.5) is 0 Å². The van der Waals surface area contributed by atoms with Crippen molar-refractivity contribution in [3.05, 3.63) is 32.5 Å². The van der Waals surface area contributed by atoms with Gasteiger partial charge in [-0.2, -0.15) is 4.98 Å². The first-order valence-electron chi connectivity index (χ1n) is 9.53. The molecule has 0 unspecified atom stereocenters. The predicted octanol–water partition coefficient (Wildman–Crippen LogP) is 3.95. The van der Waals surface area contributed by atoms with Gasteiger partial charge in [0.05, 0.1) is 23.8 Å². The van der Waals surface area contributed by atoms with Gasteiger partial charge in [0.2, 0.25) is 5.89 Å². The van der Waals surface area contributed by atoms with Gasteiger partial charge in [0.15, 0.2) is 11.0 Å². The minimum absolute atomic E-state index is 0.0320. The molecule has 0 N–H and O–H groups in total. The zero-order valence-electron chi connectivity index (χ0n) is 16.5. The minimum Gasteiger partial charge on any atom is -0.383 e. The lowest BCUT2D eigenvalue weighted by Crippen LogP contribution is -2.25. The summed E-state index contributed by atoms with van der Waals surface area (Å²) in [4.78, 5) is 24.8. The molecule has 4 rings (SSSR count). The van der Waals surface area contributed by atoms with Crippen LogP contribution in [0.5, 0.6) is 0 Å². The number of aromatic nitrogens is 4. The molecule has 3 heterocycles. The number of ether oxygens (including phenoxy) is 1. The Morgan fingerprint density at radius 2 is 2.11 bits per heavy atom. The van der Waals surface area contributed by atoms with Crippen molar-refractivity contribution in [1.82, 2.24) is 19.7 Å². The SMILES string of the molecule is COCCn1c(S[C@@H](C)c2nc(C(C)C)no2)nc2sc3c(c2c1=O)CCC3. The predicted molar refractivity (Wildman–Crippen MR) is 110 cm³/mol. The number of aryl methyl sites for hydroxylation is 2. The van der Waals surface area contributed by atoms with Gasteiger partial charge in [-0.3, -0.25) is 9.36 Å². The summed E-state index contributed by atoms with van der Waals surface area (Å²) in [5.41, 5.74) is 1.23. The molecule has 1 aliphatic carbocycles. The van der Waals surface area contributed by atoms with Crippen molar-refractivity contribution in [1.29, 1.82) is 0 Å². The third-order valence-electron chi connectivity index (χ3n) is 4.91. The van der Waals surface area contributed by atoms with Gasteiger partial charge in [-0.05, 0) is 31.7 Å². The number of methoxy groups -OCH3 is 1. The first-order chi connectivity index (χ1) is 13.5. The number of hydrogen-bond donors (Lipinski definition) is 0. The van der Waals surface area contributed by atoms with E-state index < -0.39 is 0 Å². The van der Waals surface area contributed by atoms with Crippen molar-refractivity contribution in [2.24, 2.45) is 0 Å². The first-order valence-corrected chi connectivity index (χ1v) is 11.2. The van der Waals surface area contributed by atoms with Gasteiger partial charge in [0, 0.05) is 17.9 Å². The van der Waals surface area contributed by atoms with Gasteiger partial charge in [0.25, 0.3) is 5.56 Å². The van der Waals surface area contributed by atoms with E-state index in [1.807, 2.05) is 20.8 Å². The molecule has 0 saturated carbocycles. The Morgan fingerprint density at radius 3 is 2.82 bits per heavy atom. The second-order valence-electron chi connectivity index (χ2n) is 7.29. The van der Waals surface area contributed by atoms with Crippen LogP contribution < -0.4 is 5.56 Å². The van der Waals surface area contributed by atoms with Crippen molar-refractivity contribution in [2.75, 3.05) is 13.7 Å². The summed E-state index contributed by atoms with van der Waals surface area (Å²) in [7, 11) is 1.64. The molecule has 9 heteroatoms. The van der Waals surface area contributed by atoms with Crippen LogP contribution in [0, 0.1) is 0 Å². The summed E-state index contributed by atoms with van der Waals surface area (Å²) in [5.74, 6) is 1.45. The highest BCUT2D eigenvalue weighted by Gasteiger charge is 2.25. The van der Waals surface area contributed by atoms with E-state index >= 15 is 0 Å². The Labute approximate surface area is 171 Å². The summed E-state index contributed by atoms with van der Waals surface area (Å²) in [6, 6.07) is 0. The highest BCUT2D eigenvalue weighted by molar-refractivity contribution is 7.99. The fraction of sp³-hybridized carbons (Fsp3) is 0.579. The number of fused-ring (bicyclic) bond motifs is 3. The van der Waals surface area contributed by atoms with Gasteiger partial charge >= 0.3 is 0 Å². The Bertz CT molecular complexity index is 1050. The molecular weight excluding hydrogens is 396 g/mol. The molecule has 150 valence electrons. The molecule has 1 aliphatic rings. The molecule has 0 aromatic carbocycles. The standard InChI is InChI=1S/C19H24N4O3S2/c1-10(2)15-20-16(26-22-15)11(3)27-19-21-17-14(12-6-5-7-13(12)28-17)18(24)23(19)8-9-25-4/h10-11H,5-9H2,1-4H3/t11-/m0/s1. The van der Waals surface area contributed by atoms with Crippen molar-refractivity contribution in [2.45, 2.75) is 62.9 Å². The van der Waals surface area contributed by atoms with Crippen molar-refractivity contribution in [3.8, 4) is 0 Å². The maximum absolute atomic E-state index is 13.3. The monoisotopic (exact) mass is 420 g/mol. The maximum atomic E-state index is 13.3. The van der Waals surface area contributed by atoms with Gasteiger partial charge in [-0.15, -0.1) is 11.3 Å². The summed E-state index contributed by atoms with van der Waals surface area (Å²) in [6.07, 6.45) is 3.14. The van der Waals surface area contributed by atoms with Crippen LogP contribution in [0.15, 0.2) is 14.5 Å². The minimum atomic E-state index is -0.107. The number of hydrogen-bond acceptors (Lipinski definition) is 8. The van der Waals surface area contributed by atoms with Crippen LogP contribution in [-0.2, 0) is 24.1 Å². The summed E-state index contributed by atoms with van der Waals surface area (Å²) < 4.78 is 12.4. The van der Waals surface area contributed by atoms with Gasteiger partial charge in [0.1, 0.15) is 4.83 Å². The van der Waals surface area contributed by atoms with E-state index in [0.29, 0.717) is 30.0 Å². The second kappa shape index (κ2) is 7.96. The molecule has 0 bridgehead atoms. The van der Waals surface area contributed by atoms with E-state index in [1.54, 1.807) is 23.0 Å². The fourth-order valence-corrected chi connectivity index (χ4v) is 5.65. The molecule has 0 spiro atoms. The average Bonchev–Trinajstić information content (AvgIpc) is 3.36. The Hall–Kier alpha value is -1.71. The molecule has 7 nitrogen and oxygen atoms in total. The molecule has 1 atom stereocenters. The van der Waals surface area contributed by atoms with Crippen LogP contribution in [-0.4, -0.2) is 33.4 Å². The summed E-state index contributed by atoms with van der Waals surface area (Å²) in [5, 5.41) is 5.41. The second-order valence-corrected chi connectivity index (χ2v) is 9.68. The summed E-state index contributed by atoms with van der Waals surface area (Å²) in [6.45, 7) is 6.98. The van der Waals surface area contributed by atoms with Gasteiger partial charge in [-0.25, -0.2) is 4.98 Å². The third kappa shape index (κ3) is 3.51. The van der Waals surface area contributed by atoms with Crippen LogP contribution in [0.3, 0.4) is 0 Å². The number of rotatable bonds is 7. The van der Waals surface area contributed by atoms with Crippen LogP contribution in [0.1, 0.15) is 60.5 Å².